The highest BCUT2D eigenvalue weighted by Gasteiger charge is 2.17. The second-order valence-corrected chi connectivity index (χ2v) is 7.96. The van der Waals surface area contributed by atoms with Crippen molar-refractivity contribution < 1.29 is 13.9 Å². The molecule has 0 unspecified atom stereocenters. The average Bonchev–Trinajstić information content (AvgIpc) is 2.78. The Hall–Kier alpha value is -3.02. The lowest BCUT2D eigenvalue weighted by molar-refractivity contribution is 0.0469. The van der Waals surface area contributed by atoms with E-state index in [-0.39, 0.29) is 11.1 Å². The molecule has 5 nitrogen and oxygen atoms in total. The number of benzene rings is 2. The van der Waals surface area contributed by atoms with Crippen LogP contribution in [0.3, 0.4) is 0 Å². The zero-order valence-electron chi connectivity index (χ0n) is 16.8. The van der Waals surface area contributed by atoms with Gasteiger partial charge in [-0.3, -0.25) is 4.79 Å². The molecule has 4 rings (SSSR count). The summed E-state index contributed by atoms with van der Waals surface area (Å²) in [7, 11) is 0. The van der Waals surface area contributed by atoms with Gasteiger partial charge in [0.1, 0.15) is 5.82 Å². The largest absolute Gasteiger partial charge is 0.462 e. The van der Waals surface area contributed by atoms with Gasteiger partial charge in [0.25, 0.3) is 5.56 Å². The molecule has 2 aromatic carbocycles. The molecule has 1 aliphatic rings. The van der Waals surface area contributed by atoms with E-state index in [0.717, 1.165) is 17.4 Å². The second-order valence-electron chi connectivity index (χ2n) is 7.96. The SMILES string of the molecule is O=C(OCCC1CCCCC1)c1cc(Cc2n[nH]c(=O)c3ccccc23)ccc1F. The van der Waals surface area contributed by atoms with Gasteiger partial charge in [-0.25, -0.2) is 14.3 Å². The molecular formula is C24H25FN2O3. The van der Waals surface area contributed by atoms with Crippen LogP contribution in [0, 0.1) is 11.7 Å². The Morgan fingerprint density at radius 1 is 1.10 bits per heavy atom. The normalized spacial score (nSPS) is 14.7. The number of H-pyrrole nitrogens is 1. The maximum Gasteiger partial charge on any atom is 0.341 e. The molecule has 0 spiro atoms. The lowest BCUT2D eigenvalue weighted by Crippen LogP contribution is -2.14. The maximum atomic E-state index is 14.3. The predicted octanol–water partition coefficient (Wildman–Crippen LogP) is 4.78. The summed E-state index contributed by atoms with van der Waals surface area (Å²) in [5.74, 6) is -0.632. The number of hydrogen-bond acceptors (Lipinski definition) is 4. The Labute approximate surface area is 174 Å². The fourth-order valence-corrected chi connectivity index (χ4v) is 4.21. The molecule has 1 aromatic heterocycles. The summed E-state index contributed by atoms with van der Waals surface area (Å²) in [5, 5.41) is 7.94. The lowest BCUT2D eigenvalue weighted by Gasteiger charge is -2.21. The Balaban J connectivity index is 1.47. The zero-order chi connectivity index (χ0) is 20.9. The van der Waals surface area contributed by atoms with Crippen LogP contribution in [0.25, 0.3) is 10.8 Å². The number of carbonyl (C=O) groups is 1. The van der Waals surface area contributed by atoms with Crippen LogP contribution in [0.15, 0.2) is 47.3 Å². The minimum absolute atomic E-state index is 0.0649. The average molecular weight is 408 g/mol. The van der Waals surface area contributed by atoms with Crippen molar-refractivity contribution in [1.82, 2.24) is 10.2 Å². The minimum Gasteiger partial charge on any atom is -0.462 e. The first-order chi connectivity index (χ1) is 14.6. The Morgan fingerprint density at radius 3 is 2.67 bits per heavy atom. The lowest BCUT2D eigenvalue weighted by atomic mass is 9.87. The van der Waals surface area contributed by atoms with Crippen molar-refractivity contribution in [1.29, 1.82) is 0 Å². The van der Waals surface area contributed by atoms with Crippen LogP contribution < -0.4 is 5.56 Å². The third kappa shape index (κ3) is 4.58. The standard InChI is InChI=1S/C24H25FN2O3/c25-21-11-10-17(15-22-18-8-4-5-9-19(18)23(28)27-26-22)14-20(21)24(29)30-13-12-16-6-2-1-3-7-16/h4-5,8-11,14,16H,1-3,6-7,12-13,15H2,(H,27,28). The molecule has 1 N–H and O–H groups in total. The van der Waals surface area contributed by atoms with Gasteiger partial charge in [0.15, 0.2) is 0 Å². The molecule has 0 atom stereocenters. The van der Waals surface area contributed by atoms with Crippen LogP contribution in [0.4, 0.5) is 4.39 Å². The maximum absolute atomic E-state index is 14.3. The first-order valence-electron chi connectivity index (χ1n) is 10.5. The molecule has 0 bridgehead atoms. The summed E-state index contributed by atoms with van der Waals surface area (Å²) in [6, 6.07) is 11.6. The molecule has 1 heterocycles. The fraction of sp³-hybridized carbons (Fsp3) is 0.375. The Kier molecular flexibility index (Phi) is 6.21. The molecule has 156 valence electrons. The van der Waals surface area contributed by atoms with Gasteiger partial charge in [0.2, 0.25) is 0 Å². The van der Waals surface area contributed by atoms with Gasteiger partial charge < -0.3 is 4.74 Å². The Morgan fingerprint density at radius 2 is 1.87 bits per heavy atom. The first-order valence-corrected chi connectivity index (χ1v) is 10.5. The van der Waals surface area contributed by atoms with E-state index in [2.05, 4.69) is 10.2 Å². The molecule has 6 heteroatoms. The van der Waals surface area contributed by atoms with Crippen LogP contribution in [0.5, 0.6) is 0 Å². The van der Waals surface area contributed by atoms with E-state index < -0.39 is 11.8 Å². The van der Waals surface area contributed by atoms with Crippen molar-refractivity contribution in [2.24, 2.45) is 5.92 Å². The van der Waals surface area contributed by atoms with Crippen molar-refractivity contribution in [2.75, 3.05) is 6.61 Å². The van der Waals surface area contributed by atoms with Crippen LogP contribution in [-0.2, 0) is 11.2 Å². The highest BCUT2D eigenvalue weighted by atomic mass is 19.1. The van der Waals surface area contributed by atoms with Crippen molar-refractivity contribution >= 4 is 16.7 Å². The smallest absolute Gasteiger partial charge is 0.341 e. The number of rotatable bonds is 6. The summed E-state index contributed by atoms with van der Waals surface area (Å²) in [6.07, 6.45) is 7.32. The molecule has 30 heavy (non-hydrogen) atoms. The molecule has 0 saturated heterocycles. The van der Waals surface area contributed by atoms with Crippen LogP contribution >= 0.6 is 0 Å². The van der Waals surface area contributed by atoms with Gasteiger partial charge >= 0.3 is 5.97 Å². The number of ether oxygens (including phenoxy) is 1. The van der Waals surface area contributed by atoms with Gasteiger partial charge in [-0.1, -0.05) is 56.4 Å². The van der Waals surface area contributed by atoms with E-state index >= 15 is 0 Å². The quantitative estimate of drug-likeness (QED) is 0.596. The molecule has 1 aliphatic carbocycles. The molecule has 0 aliphatic heterocycles. The van der Waals surface area contributed by atoms with Crippen molar-refractivity contribution in [2.45, 2.75) is 44.9 Å². The summed E-state index contributed by atoms with van der Waals surface area (Å²) in [5.41, 5.74) is 1.06. The number of nitrogens with one attached hydrogen (secondary N) is 1. The molecular weight excluding hydrogens is 383 g/mol. The number of aromatic amines is 1. The molecule has 0 amide bonds. The topological polar surface area (TPSA) is 72.0 Å². The fourth-order valence-electron chi connectivity index (χ4n) is 4.21. The monoisotopic (exact) mass is 408 g/mol. The molecule has 3 aromatic rings. The zero-order valence-corrected chi connectivity index (χ0v) is 16.8. The van der Waals surface area contributed by atoms with Gasteiger partial charge in [-0.15, -0.1) is 0 Å². The van der Waals surface area contributed by atoms with Crippen molar-refractivity contribution in [3.05, 3.63) is 75.5 Å². The van der Waals surface area contributed by atoms with Crippen LogP contribution in [0.2, 0.25) is 0 Å². The molecule has 0 radical (unpaired) electrons. The summed E-state index contributed by atoms with van der Waals surface area (Å²) < 4.78 is 19.6. The van der Waals surface area contributed by atoms with Crippen LogP contribution in [-0.4, -0.2) is 22.8 Å². The number of aromatic nitrogens is 2. The minimum atomic E-state index is -0.635. The number of esters is 1. The van der Waals surface area contributed by atoms with Gasteiger partial charge in [0.05, 0.1) is 23.3 Å². The van der Waals surface area contributed by atoms with Crippen LogP contribution in [0.1, 0.15) is 60.1 Å². The van der Waals surface area contributed by atoms with Gasteiger partial charge in [-0.2, -0.15) is 5.10 Å². The molecule has 1 fully saturated rings. The predicted molar refractivity (Wildman–Crippen MR) is 113 cm³/mol. The summed E-state index contributed by atoms with van der Waals surface area (Å²) >= 11 is 0. The number of nitrogens with zero attached hydrogens (tertiary/aromatic N) is 1. The van der Waals surface area contributed by atoms with Gasteiger partial charge in [0, 0.05) is 11.8 Å². The van der Waals surface area contributed by atoms with Crippen molar-refractivity contribution in [3.63, 3.8) is 0 Å². The highest BCUT2D eigenvalue weighted by molar-refractivity contribution is 5.90. The van der Waals surface area contributed by atoms with E-state index in [1.807, 2.05) is 12.1 Å². The van der Waals surface area contributed by atoms with E-state index in [1.165, 1.54) is 44.2 Å². The summed E-state index contributed by atoms with van der Waals surface area (Å²) in [4.78, 5) is 24.4. The number of hydrogen-bond donors (Lipinski definition) is 1. The van der Waals surface area contributed by atoms with E-state index in [1.54, 1.807) is 18.2 Å². The first kappa shape index (κ1) is 20.3. The van der Waals surface area contributed by atoms with Crippen molar-refractivity contribution in [3.8, 4) is 0 Å². The second kappa shape index (κ2) is 9.20. The third-order valence-corrected chi connectivity index (χ3v) is 5.88. The Bertz CT molecular complexity index is 1100. The van der Waals surface area contributed by atoms with Gasteiger partial charge in [-0.05, 0) is 36.1 Å². The molecule has 1 saturated carbocycles. The number of carbonyl (C=O) groups excluding carboxylic acids is 1. The number of halogens is 1. The number of fused-ring (bicyclic) bond motifs is 1. The highest BCUT2D eigenvalue weighted by Crippen LogP contribution is 2.26. The van der Waals surface area contributed by atoms with E-state index in [0.29, 0.717) is 30.0 Å². The third-order valence-electron chi connectivity index (χ3n) is 5.88. The van der Waals surface area contributed by atoms with E-state index in [4.69, 9.17) is 4.74 Å². The van der Waals surface area contributed by atoms with E-state index in [9.17, 15) is 14.0 Å². The summed E-state index contributed by atoms with van der Waals surface area (Å²) in [6.45, 7) is 0.319.